The second-order valence-electron chi connectivity index (χ2n) is 5.64. The number of aryl methyl sites for hydroxylation is 1. The van der Waals surface area contributed by atoms with E-state index in [1.165, 1.54) is 11.3 Å². The monoisotopic (exact) mass is 356 g/mol. The minimum absolute atomic E-state index is 0.236. The Morgan fingerprint density at radius 1 is 1.24 bits per heavy atom. The maximum absolute atomic E-state index is 12.4. The third-order valence-electron chi connectivity index (χ3n) is 3.91. The molecule has 0 saturated heterocycles. The Morgan fingerprint density at radius 3 is 2.72 bits per heavy atom. The molecule has 0 N–H and O–H groups in total. The first-order chi connectivity index (χ1) is 12.1. The number of hydrogen-bond donors (Lipinski definition) is 0. The van der Waals surface area contributed by atoms with Gasteiger partial charge in [0.25, 0.3) is 5.91 Å². The van der Waals surface area contributed by atoms with E-state index in [-0.39, 0.29) is 12.7 Å². The van der Waals surface area contributed by atoms with Gasteiger partial charge < -0.3 is 18.8 Å². The van der Waals surface area contributed by atoms with Crippen LogP contribution >= 0.6 is 11.3 Å². The fraction of sp³-hybridized carbons (Fsp3) is 0.222. The molecular weight excluding hydrogens is 340 g/mol. The molecule has 1 aliphatic heterocycles. The molecule has 0 radical (unpaired) electrons. The SMILES string of the molecule is CC(Oc1ccccc1)C(=O)N=c1sc2cc3c(cc2n1C)OCO3. The zero-order valence-corrected chi connectivity index (χ0v) is 14.6. The van der Waals surface area contributed by atoms with Gasteiger partial charge in [-0.3, -0.25) is 4.79 Å². The van der Waals surface area contributed by atoms with Gasteiger partial charge in [0.1, 0.15) is 5.75 Å². The van der Waals surface area contributed by atoms with Crippen LogP contribution in [0.25, 0.3) is 10.2 Å². The molecule has 1 aliphatic rings. The van der Waals surface area contributed by atoms with Gasteiger partial charge in [0.15, 0.2) is 22.4 Å². The zero-order chi connectivity index (χ0) is 17.4. The molecule has 0 spiro atoms. The van der Waals surface area contributed by atoms with Crippen molar-refractivity contribution in [3.63, 3.8) is 0 Å². The van der Waals surface area contributed by atoms with E-state index in [1.807, 2.05) is 54.1 Å². The van der Waals surface area contributed by atoms with Crippen LogP contribution in [0.15, 0.2) is 47.5 Å². The zero-order valence-electron chi connectivity index (χ0n) is 13.8. The highest BCUT2D eigenvalue weighted by Gasteiger charge is 2.18. The summed E-state index contributed by atoms with van der Waals surface area (Å²) in [6.45, 7) is 1.93. The Bertz CT molecular complexity index is 1010. The Labute approximate surface area is 147 Å². The standard InChI is InChI=1S/C18H16N2O4S/c1-11(24-12-6-4-3-5-7-12)17(21)19-18-20(2)13-8-14-15(23-10-22-14)9-16(13)25-18/h3-9,11H,10H2,1-2H3. The van der Waals surface area contributed by atoms with Crippen LogP contribution in [-0.2, 0) is 11.8 Å². The third-order valence-corrected chi connectivity index (χ3v) is 5.01. The van der Waals surface area contributed by atoms with Crippen LogP contribution in [0, 0.1) is 0 Å². The molecule has 2 heterocycles. The van der Waals surface area contributed by atoms with Gasteiger partial charge in [-0.25, -0.2) is 0 Å². The summed E-state index contributed by atoms with van der Waals surface area (Å²) in [7, 11) is 1.87. The number of amides is 1. The first-order valence-electron chi connectivity index (χ1n) is 7.81. The topological polar surface area (TPSA) is 62.0 Å². The predicted molar refractivity (Wildman–Crippen MR) is 94.0 cm³/mol. The van der Waals surface area contributed by atoms with Gasteiger partial charge in [0.05, 0.1) is 10.2 Å². The Hall–Kier alpha value is -2.80. The van der Waals surface area contributed by atoms with Crippen molar-refractivity contribution in [2.24, 2.45) is 12.0 Å². The molecule has 6 nitrogen and oxygen atoms in total. The molecule has 0 bridgehead atoms. The van der Waals surface area contributed by atoms with Crippen LogP contribution in [0.1, 0.15) is 6.92 Å². The second-order valence-corrected chi connectivity index (χ2v) is 6.65. The van der Waals surface area contributed by atoms with Crippen molar-refractivity contribution in [1.29, 1.82) is 0 Å². The van der Waals surface area contributed by atoms with Gasteiger partial charge >= 0.3 is 0 Å². The van der Waals surface area contributed by atoms with Crippen molar-refractivity contribution in [3.8, 4) is 17.2 Å². The molecule has 4 rings (SSSR count). The first-order valence-corrected chi connectivity index (χ1v) is 8.63. The first kappa shape index (κ1) is 15.7. The van der Waals surface area contributed by atoms with Gasteiger partial charge in [0, 0.05) is 19.2 Å². The molecule has 1 atom stereocenters. The molecule has 1 unspecified atom stereocenters. The highest BCUT2D eigenvalue weighted by Crippen LogP contribution is 2.36. The summed E-state index contributed by atoms with van der Waals surface area (Å²) in [5.41, 5.74) is 0.942. The van der Waals surface area contributed by atoms with Crippen molar-refractivity contribution in [2.45, 2.75) is 13.0 Å². The van der Waals surface area contributed by atoms with Crippen molar-refractivity contribution < 1.29 is 19.0 Å². The summed E-state index contributed by atoms with van der Waals surface area (Å²) in [6.07, 6.45) is -0.663. The van der Waals surface area contributed by atoms with Crippen LogP contribution < -0.4 is 19.0 Å². The number of benzene rings is 2. The number of para-hydroxylation sites is 1. The molecule has 1 amide bonds. The molecular formula is C18H16N2O4S. The van der Waals surface area contributed by atoms with Gasteiger partial charge in [-0.05, 0) is 19.1 Å². The Kier molecular flexibility index (Phi) is 3.93. The van der Waals surface area contributed by atoms with Crippen molar-refractivity contribution >= 4 is 27.5 Å². The number of ether oxygens (including phenoxy) is 3. The van der Waals surface area contributed by atoms with Gasteiger partial charge in [-0.1, -0.05) is 29.5 Å². The molecule has 25 heavy (non-hydrogen) atoms. The number of thiazole rings is 1. The molecule has 128 valence electrons. The number of hydrogen-bond acceptors (Lipinski definition) is 5. The maximum atomic E-state index is 12.4. The van der Waals surface area contributed by atoms with E-state index in [0.29, 0.717) is 22.0 Å². The Balaban J connectivity index is 1.64. The highest BCUT2D eigenvalue weighted by atomic mass is 32.1. The van der Waals surface area contributed by atoms with Crippen LogP contribution in [0.5, 0.6) is 17.2 Å². The minimum Gasteiger partial charge on any atom is -0.481 e. The number of carbonyl (C=O) groups excluding carboxylic acids is 1. The van der Waals surface area contributed by atoms with Crippen molar-refractivity contribution in [2.75, 3.05) is 6.79 Å². The van der Waals surface area contributed by atoms with E-state index in [1.54, 1.807) is 6.92 Å². The summed E-state index contributed by atoms with van der Waals surface area (Å²) < 4.78 is 19.3. The van der Waals surface area contributed by atoms with Crippen LogP contribution in [0.4, 0.5) is 0 Å². The van der Waals surface area contributed by atoms with Crippen LogP contribution in [0.2, 0.25) is 0 Å². The van der Waals surface area contributed by atoms with Gasteiger partial charge in [0.2, 0.25) is 6.79 Å². The quantitative estimate of drug-likeness (QED) is 0.724. The van der Waals surface area contributed by atoms with E-state index in [2.05, 4.69) is 4.99 Å². The molecule has 3 aromatic rings. The predicted octanol–water partition coefficient (Wildman–Crippen LogP) is 2.86. The smallest absolute Gasteiger partial charge is 0.289 e. The fourth-order valence-corrected chi connectivity index (χ4v) is 3.60. The van der Waals surface area contributed by atoms with E-state index in [9.17, 15) is 4.79 Å². The number of carbonyl (C=O) groups is 1. The number of fused-ring (bicyclic) bond motifs is 2. The largest absolute Gasteiger partial charge is 0.481 e. The lowest BCUT2D eigenvalue weighted by molar-refractivity contribution is -0.124. The summed E-state index contributed by atoms with van der Waals surface area (Å²) in [6, 6.07) is 13.1. The average molecular weight is 356 g/mol. The number of aromatic nitrogens is 1. The summed E-state index contributed by atoms with van der Waals surface area (Å²) >= 11 is 1.43. The summed E-state index contributed by atoms with van der Waals surface area (Å²) in [5, 5.41) is 0. The van der Waals surface area contributed by atoms with E-state index in [0.717, 1.165) is 10.2 Å². The summed E-state index contributed by atoms with van der Waals surface area (Å²) in [5.74, 6) is 1.74. The molecule has 1 aromatic heterocycles. The fourth-order valence-electron chi connectivity index (χ4n) is 2.56. The normalized spacial score (nSPS) is 14.7. The summed E-state index contributed by atoms with van der Waals surface area (Å²) in [4.78, 5) is 17.2. The van der Waals surface area contributed by atoms with E-state index in [4.69, 9.17) is 14.2 Å². The molecule has 2 aromatic carbocycles. The number of rotatable bonds is 3. The molecule has 0 fully saturated rings. The van der Waals surface area contributed by atoms with Gasteiger partial charge in [-0.15, -0.1) is 0 Å². The van der Waals surface area contributed by atoms with Crippen LogP contribution in [0.3, 0.4) is 0 Å². The highest BCUT2D eigenvalue weighted by molar-refractivity contribution is 7.16. The minimum atomic E-state index is -0.663. The average Bonchev–Trinajstić information content (AvgIpc) is 3.18. The number of nitrogens with zero attached hydrogens (tertiary/aromatic N) is 2. The molecule has 0 saturated carbocycles. The lowest BCUT2D eigenvalue weighted by Crippen LogP contribution is -2.25. The molecule has 0 aliphatic carbocycles. The van der Waals surface area contributed by atoms with Gasteiger partial charge in [-0.2, -0.15) is 4.99 Å². The maximum Gasteiger partial charge on any atom is 0.289 e. The third kappa shape index (κ3) is 2.98. The van der Waals surface area contributed by atoms with Crippen molar-refractivity contribution in [3.05, 3.63) is 47.3 Å². The van der Waals surface area contributed by atoms with E-state index >= 15 is 0 Å². The lowest BCUT2D eigenvalue weighted by Gasteiger charge is -2.10. The Morgan fingerprint density at radius 2 is 1.96 bits per heavy atom. The lowest BCUT2D eigenvalue weighted by atomic mass is 10.3. The second kappa shape index (κ2) is 6.25. The van der Waals surface area contributed by atoms with E-state index < -0.39 is 6.10 Å². The van der Waals surface area contributed by atoms with Crippen LogP contribution in [-0.4, -0.2) is 23.4 Å². The van der Waals surface area contributed by atoms with Crippen molar-refractivity contribution in [1.82, 2.24) is 4.57 Å². The molecule has 7 heteroatoms.